The van der Waals surface area contributed by atoms with Crippen LogP contribution >= 0.6 is 0 Å². The van der Waals surface area contributed by atoms with Crippen LogP contribution in [0.3, 0.4) is 0 Å². The van der Waals surface area contributed by atoms with Crippen LogP contribution in [-0.2, 0) is 54.5 Å². The lowest BCUT2D eigenvalue weighted by Gasteiger charge is -2.34. The molecule has 248 valence electrons. The number of carbonyl (C=O) groups excluding carboxylic acids is 2. The highest BCUT2D eigenvalue weighted by Gasteiger charge is 2.33. The summed E-state index contributed by atoms with van der Waals surface area (Å²) >= 11 is 0. The first-order chi connectivity index (χ1) is 22.9. The Balaban J connectivity index is 1.63. The molecule has 0 aromatic heterocycles. The Kier molecular flexibility index (Phi) is 14.3. The molecule has 0 aliphatic heterocycles. The summed E-state index contributed by atoms with van der Waals surface area (Å²) in [6.45, 7) is 8.65. The van der Waals surface area contributed by atoms with Gasteiger partial charge in [0.25, 0.3) is 5.78 Å². The smallest absolute Gasteiger partial charge is 0.379 e. The second-order valence-electron chi connectivity index (χ2n) is 11.5. The van der Waals surface area contributed by atoms with E-state index in [1.54, 1.807) is 19.1 Å². The van der Waals surface area contributed by atoms with Crippen molar-refractivity contribution in [1.29, 1.82) is 0 Å². The van der Waals surface area contributed by atoms with Gasteiger partial charge in [0.15, 0.2) is 6.29 Å². The lowest BCUT2D eigenvalue weighted by molar-refractivity contribution is -0.140. The molecule has 0 spiro atoms. The Labute approximate surface area is 278 Å². The molecule has 0 bridgehead atoms. The summed E-state index contributed by atoms with van der Waals surface area (Å²) in [4.78, 5) is 24.6. The minimum Gasteiger partial charge on any atom is -0.460 e. The highest BCUT2D eigenvalue weighted by atomic mass is 16.7. The molecule has 0 amide bonds. The van der Waals surface area contributed by atoms with E-state index in [2.05, 4.69) is 48.5 Å². The van der Waals surface area contributed by atoms with E-state index in [1.807, 2.05) is 62.4 Å². The number of hydrogen-bond acceptors (Lipinski definition) is 7. The molecule has 0 saturated heterocycles. The van der Waals surface area contributed by atoms with E-state index in [9.17, 15) is 9.59 Å². The minimum atomic E-state index is -0.849. The zero-order valence-corrected chi connectivity index (χ0v) is 27.7. The summed E-state index contributed by atoms with van der Waals surface area (Å²) in [5, 5.41) is 0. The molecule has 7 heteroatoms. The highest BCUT2D eigenvalue weighted by Crippen LogP contribution is 2.32. The Morgan fingerprint density at radius 1 is 0.574 bits per heavy atom. The number of esters is 1. The standard InChI is InChI=1S/C40H46O7/c1-4-45-38(42)37(41)35-21-17-31(18-22-35)25-40(29-43-27-33-13-9-7-10-14-33,30-44-28-34-15-11-8-12-16-34)26-32-19-23-36(24-20-32)39(46-5-2)47-6-3/h7-24,39H,4-6,25-30H2,1-3H3. The first kappa shape index (κ1) is 35.7. The minimum absolute atomic E-state index is 0.149. The lowest BCUT2D eigenvalue weighted by atomic mass is 9.77. The van der Waals surface area contributed by atoms with Crippen molar-refractivity contribution in [2.45, 2.75) is 53.1 Å². The number of ether oxygens (including phenoxy) is 5. The number of carbonyl (C=O) groups is 2. The van der Waals surface area contributed by atoms with Crippen LogP contribution in [0.25, 0.3) is 0 Å². The van der Waals surface area contributed by atoms with Crippen LogP contribution < -0.4 is 0 Å². The third-order valence-electron chi connectivity index (χ3n) is 7.76. The van der Waals surface area contributed by atoms with Gasteiger partial charge in [0.1, 0.15) is 0 Å². The molecule has 4 aromatic rings. The average molecular weight is 639 g/mol. The monoisotopic (exact) mass is 638 g/mol. The van der Waals surface area contributed by atoms with Crippen molar-refractivity contribution in [2.24, 2.45) is 5.41 Å². The van der Waals surface area contributed by atoms with Gasteiger partial charge in [-0.05, 0) is 55.9 Å². The molecule has 7 nitrogen and oxygen atoms in total. The molecule has 4 aromatic carbocycles. The van der Waals surface area contributed by atoms with Crippen LogP contribution in [0.5, 0.6) is 0 Å². The third kappa shape index (κ3) is 11.3. The maximum atomic E-state index is 12.5. The van der Waals surface area contributed by atoms with Gasteiger partial charge in [-0.15, -0.1) is 0 Å². The normalized spacial score (nSPS) is 11.5. The summed E-state index contributed by atoms with van der Waals surface area (Å²) in [5.74, 6) is -1.50. The van der Waals surface area contributed by atoms with Gasteiger partial charge in [0.05, 0.1) is 33.0 Å². The van der Waals surface area contributed by atoms with Crippen LogP contribution in [0.4, 0.5) is 0 Å². The topological polar surface area (TPSA) is 80.3 Å². The van der Waals surface area contributed by atoms with Gasteiger partial charge in [-0.25, -0.2) is 4.79 Å². The van der Waals surface area contributed by atoms with Gasteiger partial charge >= 0.3 is 5.97 Å². The van der Waals surface area contributed by atoms with Crippen LogP contribution in [0.1, 0.15) is 65.2 Å². The third-order valence-corrected chi connectivity index (χ3v) is 7.76. The zero-order valence-electron chi connectivity index (χ0n) is 27.7. The zero-order chi connectivity index (χ0) is 33.3. The summed E-state index contributed by atoms with van der Waals surface area (Å²) in [5.41, 5.74) is 5.11. The molecule has 4 rings (SSSR count). The van der Waals surface area contributed by atoms with Gasteiger partial charge in [-0.3, -0.25) is 4.79 Å². The van der Waals surface area contributed by atoms with Gasteiger partial charge < -0.3 is 23.7 Å². The molecule has 0 unspecified atom stereocenters. The second-order valence-corrected chi connectivity index (χ2v) is 11.5. The van der Waals surface area contributed by atoms with E-state index in [4.69, 9.17) is 23.7 Å². The molecule has 0 aliphatic carbocycles. The lowest BCUT2D eigenvalue weighted by Crippen LogP contribution is -2.37. The van der Waals surface area contributed by atoms with Crippen LogP contribution in [0.2, 0.25) is 0 Å². The molecule has 0 saturated carbocycles. The van der Waals surface area contributed by atoms with Crippen molar-refractivity contribution in [3.63, 3.8) is 0 Å². The van der Waals surface area contributed by atoms with Crippen LogP contribution in [0.15, 0.2) is 109 Å². The van der Waals surface area contributed by atoms with Crippen molar-refractivity contribution in [2.75, 3.05) is 33.0 Å². The summed E-state index contributed by atoms with van der Waals surface area (Å²) in [6, 6.07) is 35.7. The maximum Gasteiger partial charge on any atom is 0.379 e. The number of benzene rings is 4. The molecule has 0 heterocycles. The molecule has 0 radical (unpaired) electrons. The first-order valence-electron chi connectivity index (χ1n) is 16.3. The van der Waals surface area contributed by atoms with Crippen molar-refractivity contribution in [1.82, 2.24) is 0 Å². The molecular formula is C40H46O7. The largest absolute Gasteiger partial charge is 0.460 e. The van der Waals surface area contributed by atoms with E-state index >= 15 is 0 Å². The predicted molar refractivity (Wildman–Crippen MR) is 182 cm³/mol. The van der Waals surface area contributed by atoms with Crippen molar-refractivity contribution in [3.05, 3.63) is 143 Å². The fourth-order valence-electron chi connectivity index (χ4n) is 5.52. The van der Waals surface area contributed by atoms with E-state index in [0.717, 1.165) is 27.8 Å². The number of hydrogen-bond donors (Lipinski definition) is 0. The van der Waals surface area contributed by atoms with Gasteiger partial charge in [-0.1, -0.05) is 109 Å². The second kappa shape index (κ2) is 18.9. The SMILES string of the molecule is CCOC(=O)C(=O)c1ccc(CC(COCc2ccccc2)(COCc2ccccc2)Cc2ccc(C(OCC)OCC)cc2)cc1. The first-order valence-corrected chi connectivity index (χ1v) is 16.3. The summed E-state index contributed by atoms with van der Waals surface area (Å²) < 4.78 is 29.4. The van der Waals surface area contributed by atoms with E-state index in [1.165, 1.54) is 0 Å². The van der Waals surface area contributed by atoms with Crippen molar-refractivity contribution < 1.29 is 33.3 Å². The predicted octanol–water partition coefficient (Wildman–Crippen LogP) is 7.71. The number of ketones is 1. The number of Topliss-reactive ketones (excluding diaryl/α,β-unsaturated/α-hetero) is 1. The van der Waals surface area contributed by atoms with E-state index in [0.29, 0.717) is 58.0 Å². The molecule has 0 atom stereocenters. The Hall–Kier alpha value is -4.14. The molecule has 0 aliphatic rings. The molecule has 0 fully saturated rings. The maximum absolute atomic E-state index is 12.5. The molecule has 47 heavy (non-hydrogen) atoms. The fraction of sp³-hybridized carbons (Fsp3) is 0.350. The highest BCUT2D eigenvalue weighted by molar-refractivity contribution is 6.40. The summed E-state index contributed by atoms with van der Waals surface area (Å²) in [6.07, 6.45) is 0.879. The van der Waals surface area contributed by atoms with Crippen molar-refractivity contribution >= 4 is 11.8 Å². The van der Waals surface area contributed by atoms with E-state index in [-0.39, 0.29) is 6.61 Å². The fourth-order valence-corrected chi connectivity index (χ4v) is 5.52. The quantitative estimate of drug-likeness (QED) is 0.0425. The molecular weight excluding hydrogens is 592 g/mol. The van der Waals surface area contributed by atoms with E-state index < -0.39 is 23.5 Å². The number of rotatable bonds is 20. The van der Waals surface area contributed by atoms with Crippen LogP contribution in [0, 0.1) is 5.41 Å². The Morgan fingerprint density at radius 3 is 1.49 bits per heavy atom. The van der Waals surface area contributed by atoms with Crippen LogP contribution in [-0.4, -0.2) is 44.8 Å². The van der Waals surface area contributed by atoms with Gasteiger partial charge in [0.2, 0.25) is 0 Å². The summed E-state index contributed by atoms with van der Waals surface area (Å²) in [7, 11) is 0. The molecule has 0 N–H and O–H groups in total. The van der Waals surface area contributed by atoms with Crippen molar-refractivity contribution in [3.8, 4) is 0 Å². The van der Waals surface area contributed by atoms with Gasteiger partial charge in [-0.2, -0.15) is 0 Å². The Bertz CT molecular complexity index is 1430. The average Bonchev–Trinajstić information content (AvgIpc) is 3.10. The van der Waals surface area contributed by atoms with Gasteiger partial charge in [0, 0.05) is 29.8 Å². The Morgan fingerprint density at radius 2 is 1.04 bits per heavy atom.